The molecule has 0 heterocycles. The Hall–Kier alpha value is -0.700. The maximum atomic E-state index is 10.9. The zero-order chi connectivity index (χ0) is 13.2. The lowest BCUT2D eigenvalue weighted by molar-refractivity contribution is -0.880. The van der Waals surface area contributed by atoms with Gasteiger partial charge in [0.15, 0.2) is 0 Å². The standard InChI is InChI=1S/C8H17NO6S/c1-9(2,3)6-8(12,5-7(10)11)15-16(4,13)14/h12H,5-6H2,1-4H3/p+1/t8-/m0/s1. The second-order valence-electron chi connectivity index (χ2n) is 4.75. The molecule has 7 nitrogen and oxygen atoms in total. The topological polar surface area (TPSA) is 101 Å². The number of nitrogens with zero attached hydrogens (tertiary/aromatic N) is 1. The van der Waals surface area contributed by atoms with Crippen LogP contribution in [0.25, 0.3) is 0 Å². The van der Waals surface area contributed by atoms with Gasteiger partial charge in [0.05, 0.1) is 27.4 Å². The minimum Gasteiger partial charge on any atom is -0.481 e. The number of rotatable bonds is 6. The Labute approximate surface area is 95.0 Å². The molecule has 0 aliphatic rings. The van der Waals surface area contributed by atoms with Gasteiger partial charge in [0.25, 0.3) is 10.1 Å². The zero-order valence-electron chi connectivity index (χ0n) is 9.80. The van der Waals surface area contributed by atoms with E-state index in [-0.39, 0.29) is 11.0 Å². The van der Waals surface area contributed by atoms with E-state index in [1.807, 2.05) is 0 Å². The lowest BCUT2D eigenvalue weighted by atomic mass is 10.2. The van der Waals surface area contributed by atoms with Crippen LogP contribution >= 0.6 is 0 Å². The summed E-state index contributed by atoms with van der Waals surface area (Å²) in [5.74, 6) is -3.56. The van der Waals surface area contributed by atoms with Crippen LogP contribution in [0.5, 0.6) is 0 Å². The summed E-state index contributed by atoms with van der Waals surface area (Å²) >= 11 is 0. The molecule has 0 fully saturated rings. The van der Waals surface area contributed by atoms with Crippen molar-refractivity contribution >= 4 is 16.1 Å². The summed E-state index contributed by atoms with van der Waals surface area (Å²) < 4.78 is 26.5. The Morgan fingerprint density at radius 2 is 1.81 bits per heavy atom. The highest BCUT2D eigenvalue weighted by Gasteiger charge is 2.40. The van der Waals surface area contributed by atoms with Gasteiger partial charge < -0.3 is 14.7 Å². The van der Waals surface area contributed by atoms with Crippen molar-refractivity contribution in [2.75, 3.05) is 33.9 Å². The first kappa shape index (κ1) is 15.3. The fourth-order valence-electron chi connectivity index (χ4n) is 1.37. The SMILES string of the molecule is C[N+](C)(C)C[C@](O)(CC(=O)O)OS(C)(=O)=O. The molecule has 0 bridgehead atoms. The molecule has 1 atom stereocenters. The average Bonchev–Trinajstić information content (AvgIpc) is 1.69. The molecule has 0 saturated carbocycles. The van der Waals surface area contributed by atoms with E-state index in [1.54, 1.807) is 21.1 Å². The summed E-state index contributed by atoms with van der Waals surface area (Å²) in [4.78, 5) is 10.5. The van der Waals surface area contributed by atoms with Crippen molar-refractivity contribution in [1.29, 1.82) is 0 Å². The van der Waals surface area contributed by atoms with Gasteiger partial charge in [0, 0.05) is 0 Å². The van der Waals surface area contributed by atoms with E-state index in [0.717, 1.165) is 6.26 Å². The van der Waals surface area contributed by atoms with Crippen LogP contribution in [-0.2, 0) is 19.1 Å². The highest BCUT2D eigenvalue weighted by Crippen LogP contribution is 2.18. The fourth-order valence-corrected chi connectivity index (χ4v) is 2.05. The minimum absolute atomic E-state index is 0.160. The number of carbonyl (C=O) groups is 1. The predicted molar refractivity (Wildman–Crippen MR) is 56.0 cm³/mol. The van der Waals surface area contributed by atoms with Gasteiger partial charge in [0.2, 0.25) is 5.79 Å². The van der Waals surface area contributed by atoms with Crippen molar-refractivity contribution in [3.05, 3.63) is 0 Å². The molecule has 0 aromatic carbocycles. The van der Waals surface area contributed by atoms with Crippen molar-refractivity contribution in [3.8, 4) is 0 Å². The number of aliphatic hydroxyl groups is 1. The molecule has 0 aliphatic heterocycles. The zero-order valence-corrected chi connectivity index (χ0v) is 10.6. The Morgan fingerprint density at radius 3 is 2.06 bits per heavy atom. The molecule has 16 heavy (non-hydrogen) atoms. The number of quaternary nitrogens is 1. The molecular formula is C8H18NO6S+. The molecule has 0 spiro atoms. The van der Waals surface area contributed by atoms with E-state index < -0.39 is 28.3 Å². The van der Waals surface area contributed by atoms with Gasteiger partial charge in [-0.2, -0.15) is 8.42 Å². The Kier molecular flexibility index (Phi) is 4.46. The maximum Gasteiger partial charge on any atom is 0.309 e. The van der Waals surface area contributed by atoms with Crippen molar-refractivity contribution in [2.24, 2.45) is 0 Å². The predicted octanol–water partition coefficient (Wildman–Crippen LogP) is -1.17. The number of carboxylic acid groups (broad SMARTS) is 1. The number of hydrogen-bond donors (Lipinski definition) is 2. The van der Waals surface area contributed by atoms with Crippen LogP contribution in [0.4, 0.5) is 0 Å². The van der Waals surface area contributed by atoms with Gasteiger partial charge in [-0.3, -0.25) is 4.79 Å². The average molecular weight is 256 g/mol. The number of hydrogen-bond acceptors (Lipinski definition) is 5. The first-order valence-corrected chi connectivity index (χ1v) is 6.30. The highest BCUT2D eigenvalue weighted by molar-refractivity contribution is 7.86. The molecule has 96 valence electrons. The number of aliphatic carboxylic acids is 1. The molecule has 0 rings (SSSR count). The first-order valence-electron chi connectivity index (χ1n) is 4.48. The van der Waals surface area contributed by atoms with Crippen LogP contribution in [0.2, 0.25) is 0 Å². The van der Waals surface area contributed by atoms with Crippen LogP contribution in [0.3, 0.4) is 0 Å². The summed E-state index contributed by atoms with van der Waals surface area (Å²) in [7, 11) is 1.11. The van der Waals surface area contributed by atoms with Gasteiger partial charge in [-0.1, -0.05) is 0 Å². The van der Waals surface area contributed by atoms with E-state index in [9.17, 15) is 18.3 Å². The molecule has 0 aromatic rings. The van der Waals surface area contributed by atoms with Gasteiger partial charge in [-0.25, -0.2) is 4.18 Å². The molecule has 0 aliphatic carbocycles. The van der Waals surface area contributed by atoms with E-state index in [2.05, 4.69) is 4.18 Å². The quantitative estimate of drug-likeness (QED) is 0.353. The second-order valence-corrected chi connectivity index (χ2v) is 6.33. The van der Waals surface area contributed by atoms with E-state index in [1.165, 1.54) is 0 Å². The Morgan fingerprint density at radius 1 is 1.38 bits per heavy atom. The van der Waals surface area contributed by atoms with Crippen LogP contribution in [-0.4, -0.2) is 68.8 Å². The second kappa shape index (κ2) is 4.66. The molecule has 0 saturated heterocycles. The first-order chi connectivity index (χ1) is 6.83. The molecule has 0 radical (unpaired) electrons. The Bertz CT molecular complexity index is 357. The molecule has 0 aromatic heterocycles. The summed E-state index contributed by atoms with van der Waals surface area (Å²) in [6.45, 7) is -0.160. The third-order valence-electron chi connectivity index (χ3n) is 1.46. The third kappa shape index (κ3) is 7.57. The largest absolute Gasteiger partial charge is 0.481 e. The lowest BCUT2D eigenvalue weighted by Gasteiger charge is -2.33. The highest BCUT2D eigenvalue weighted by atomic mass is 32.2. The summed E-state index contributed by atoms with van der Waals surface area (Å²) in [6.07, 6.45) is -0.0366. The van der Waals surface area contributed by atoms with E-state index >= 15 is 0 Å². The monoisotopic (exact) mass is 256 g/mol. The molecule has 0 unspecified atom stereocenters. The minimum atomic E-state index is -3.92. The van der Waals surface area contributed by atoms with E-state index in [4.69, 9.17) is 5.11 Å². The van der Waals surface area contributed by atoms with Crippen LogP contribution in [0, 0.1) is 0 Å². The van der Waals surface area contributed by atoms with Gasteiger partial charge in [-0.15, -0.1) is 0 Å². The van der Waals surface area contributed by atoms with Crippen molar-refractivity contribution in [3.63, 3.8) is 0 Å². The normalized spacial score (nSPS) is 16.8. The smallest absolute Gasteiger partial charge is 0.309 e. The molecule has 2 N–H and O–H groups in total. The molecule has 0 amide bonds. The Balaban J connectivity index is 4.96. The third-order valence-corrected chi connectivity index (χ3v) is 2.07. The van der Waals surface area contributed by atoms with E-state index in [0.29, 0.717) is 0 Å². The van der Waals surface area contributed by atoms with Gasteiger partial charge >= 0.3 is 5.97 Å². The maximum absolute atomic E-state index is 10.9. The lowest BCUT2D eigenvalue weighted by Crippen LogP contribution is -2.52. The fraction of sp³-hybridized carbons (Fsp3) is 0.875. The molecule has 8 heteroatoms. The van der Waals surface area contributed by atoms with Crippen molar-refractivity contribution in [2.45, 2.75) is 12.2 Å². The molecular weight excluding hydrogens is 238 g/mol. The summed E-state index contributed by atoms with van der Waals surface area (Å²) in [5.41, 5.74) is 0. The summed E-state index contributed by atoms with van der Waals surface area (Å²) in [5, 5.41) is 18.5. The van der Waals surface area contributed by atoms with Crippen LogP contribution in [0.1, 0.15) is 6.42 Å². The van der Waals surface area contributed by atoms with Crippen molar-refractivity contribution in [1.82, 2.24) is 0 Å². The summed E-state index contributed by atoms with van der Waals surface area (Å²) in [6, 6.07) is 0. The number of likely N-dealkylation sites (N-methyl/N-ethyl adjacent to an activating group) is 1. The number of carboxylic acids is 1. The van der Waals surface area contributed by atoms with Crippen LogP contribution in [0.15, 0.2) is 0 Å². The van der Waals surface area contributed by atoms with Crippen LogP contribution < -0.4 is 0 Å². The van der Waals surface area contributed by atoms with Gasteiger partial charge in [-0.05, 0) is 0 Å². The van der Waals surface area contributed by atoms with Crippen molar-refractivity contribution < 1.29 is 32.1 Å². The van der Waals surface area contributed by atoms with Gasteiger partial charge in [0.1, 0.15) is 13.0 Å².